The SMILES string of the molecule is CN(CC(=O)N1CCCCCC1)CC(C)(CO)CO. The van der Waals surface area contributed by atoms with E-state index in [-0.39, 0.29) is 19.1 Å². The molecule has 19 heavy (non-hydrogen) atoms. The molecule has 1 amide bonds. The molecule has 1 fully saturated rings. The van der Waals surface area contributed by atoms with Crippen molar-refractivity contribution in [2.45, 2.75) is 32.6 Å². The Hall–Kier alpha value is -0.650. The molecule has 0 saturated carbocycles. The molecule has 0 aromatic rings. The molecule has 5 nitrogen and oxygen atoms in total. The Morgan fingerprint density at radius 2 is 1.68 bits per heavy atom. The zero-order valence-electron chi connectivity index (χ0n) is 12.3. The minimum atomic E-state index is -0.548. The van der Waals surface area contributed by atoms with Gasteiger partial charge in [-0.1, -0.05) is 19.8 Å². The smallest absolute Gasteiger partial charge is 0.236 e. The number of rotatable bonds is 6. The molecule has 0 radical (unpaired) electrons. The lowest BCUT2D eigenvalue weighted by atomic mass is 9.92. The number of nitrogens with zero attached hydrogens (tertiary/aromatic N) is 2. The third kappa shape index (κ3) is 5.47. The van der Waals surface area contributed by atoms with Gasteiger partial charge in [-0.3, -0.25) is 9.69 Å². The van der Waals surface area contributed by atoms with Crippen molar-refractivity contribution in [1.29, 1.82) is 0 Å². The number of hydrogen-bond acceptors (Lipinski definition) is 4. The maximum atomic E-state index is 12.2. The first-order valence-electron chi connectivity index (χ1n) is 7.19. The maximum Gasteiger partial charge on any atom is 0.236 e. The summed E-state index contributed by atoms with van der Waals surface area (Å²) in [6.45, 7) is 4.26. The second kappa shape index (κ2) is 7.82. The molecule has 0 aliphatic carbocycles. The van der Waals surface area contributed by atoms with Crippen LogP contribution in [-0.2, 0) is 4.79 Å². The summed E-state index contributed by atoms with van der Waals surface area (Å²) in [5, 5.41) is 18.5. The fraction of sp³-hybridized carbons (Fsp3) is 0.929. The summed E-state index contributed by atoms with van der Waals surface area (Å²) >= 11 is 0. The van der Waals surface area contributed by atoms with Crippen LogP contribution in [-0.4, -0.2) is 72.4 Å². The second-order valence-corrected chi connectivity index (χ2v) is 6.09. The molecule has 0 aromatic carbocycles. The van der Waals surface area contributed by atoms with Gasteiger partial charge in [0.05, 0.1) is 19.8 Å². The molecule has 1 aliphatic rings. The highest BCUT2D eigenvalue weighted by molar-refractivity contribution is 5.78. The van der Waals surface area contributed by atoms with E-state index < -0.39 is 5.41 Å². The van der Waals surface area contributed by atoms with Gasteiger partial charge in [-0.25, -0.2) is 0 Å². The number of likely N-dealkylation sites (N-methyl/N-ethyl adjacent to an activating group) is 1. The first kappa shape index (κ1) is 16.4. The first-order chi connectivity index (χ1) is 9.00. The third-order valence-corrected chi connectivity index (χ3v) is 3.78. The Bertz CT molecular complexity index is 272. The van der Waals surface area contributed by atoms with Gasteiger partial charge in [0.15, 0.2) is 0 Å². The number of aliphatic hydroxyl groups excluding tert-OH is 2. The molecule has 1 heterocycles. The number of carbonyl (C=O) groups excluding carboxylic acids is 1. The van der Waals surface area contributed by atoms with E-state index >= 15 is 0 Å². The highest BCUT2D eigenvalue weighted by atomic mass is 16.3. The van der Waals surface area contributed by atoms with Gasteiger partial charge in [-0.05, 0) is 19.9 Å². The van der Waals surface area contributed by atoms with Crippen LogP contribution < -0.4 is 0 Å². The summed E-state index contributed by atoms with van der Waals surface area (Å²) in [6.07, 6.45) is 4.63. The minimum absolute atomic E-state index is 0.0776. The Labute approximate surface area is 116 Å². The van der Waals surface area contributed by atoms with E-state index in [4.69, 9.17) is 0 Å². The van der Waals surface area contributed by atoms with Crippen molar-refractivity contribution in [3.05, 3.63) is 0 Å². The summed E-state index contributed by atoms with van der Waals surface area (Å²) in [4.78, 5) is 16.0. The van der Waals surface area contributed by atoms with E-state index in [1.54, 1.807) is 0 Å². The van der Waals surface area contributed by atoms with Crippen LogP contribution in [0.25, 0.3) is 0 Å². The lowest BCUT2D eigenvalue weighted by Gasteiger charge is -2.31. The van der Waals surface area contributed by atoms with Crippen LogP contribution in [0.1, 0.15) is 32.6 Å². The zero-order chi connectivity index (χ0) is 14.3. The molecule has 1 saturated heterocycles. The van der Waals surface area contributed by atoms with E-state index in [1.807, 2.05) is 23.8 Å². The van der Waals surface area contributed by atoms with E-state index in [1.165, 1.54) is 12.8 Å². The zero-order valence-corrected chi connectivity index (χ0v) is 12.3. The Morgan fingerprint density at radius 1 is 1.16 bits per heavy atom. The predicted octanol–water partition coefficient (Wildman–Crippen LogP) is 0.312. The van der Waals surface area contributed by atoms with E-state index in [9.17, 15) is 15.0 Å². The quantitative estimate of drug-likeness (QED) is 0.730. The molecule has 0 spiro atoms. The van der Waals surface area contributed by atoms with Crippen LogP contribution in [0.3, 0.4) is 0 Å². The maximum absolute atomic E-state index is 12.2. The molecule has 1 aliphatic heterocycles. The largest absolute Gasteiger partial charge is 0.396 e. The average Bonchev–Trinajstić information content (AvgIpc) is 2.67. The minimum Gasteiger partial charge on any atom is -0.396 e. The number of aliphatic hydroxyl groups is 2. The fourth-order valence-electron chi connectivity index (χ4n) is 2.51. The van der Waals surface area contributed by atoms with Gasteiger partial charge in [0.1, 0.15) is 0 Å². The van der Waals surface area contributed by atoms with Crippen molar-refractivity contribution in [3.8, 4) is 0 Å². The lowest BCUT2D eigenvalue weighted by molar-refractivity contribution is -0.132. The monoisotopic (exact) mass is 272 g/mol. The van der Waals surface area contributed by atoms with Crippen molar-refractivity contribution in [2.75, 3.05) is 46.4 Å². The highest BCUT2D eigenvalue weighted by Gasteiger charge is 2.26. The van der Waals surface area contributed by atoms with E-state index in [2.05, 4.69) is 0 Å². The molecular formula is C14H28N2O3. The summed E-state index contributed by atoms with van der Waals surface area (Å²) < 4.78 is 0. The number of amides is 1. The number of hydrogen-bond donors (Lipinski definition) is 2. The lowest BCUT2D eigenvalue weighted by Crippen LogP contribution is -2.44. The van der Waals surface area contributed by atoms with Gasteiger partial charge in [-0.15, -0.1) is 0 Å². The molecule has 5 heteroatoms. The first-order valence-corrected chi connectivity index (χ1v) is 7.19. The topological polar surface area (TPSA) is 64.0 Å². The predicted molar refractivity (Wildman–Crippen MR) is 74.8 cm³/mol. The summed E-state index contributed by atoms with van der Waals surface area (Å²) in [5.41, 5.74) is -0.548. The highest BCUT2D eigenvalue weighted by Crippen LogP contribution is 2.16. The third-order valence-electron chi connectivity index (χ3n) is 3.78. The van der Waals surface area contributed by atoms with Crippen LogP contribution in [0.5, 0.6) is 0 Å². The van der Waals surface area contributed by atoms with E-state index in [0.717, 1.165) is 25.9 Å². The van der Waals surface area contributed by atoms with Gasteiger partial charge in [0.25, 0.3) is 0 Å². The van der Waals surface area contributed by atoms with Crippen LogP contribution in [0.4, 0.5) is 0 Å². The summed E-state index contributed by atoms with van der Waals surface area (Å²) in [7, 11) is 1.86. The van der Waals surface area contributed by atoms with Crippen molar-refractivity contribution in [3.63, 3.8) is 0 Å². The van der Waals surface area contributed by atoms with Gasteiger partial charge in [0.2, 0.25) is 5.91 Å². The Kier molecular flexibility index (Phi) is 6.75. The van der Waals surface area contributed by atoms with Crippen LogP contribution in [0.2, 0.25) is 0 Å². The average molecular weight is 272 g/mol. The Morgan fingerprint density at radius 3 is 2.16 bits per heavy atom. The van der Waals surface area contributed by atoms with Gasteiger partial charge in [0, 0.05) is 25.0 Å². The molecular weight excluding hydrogens is 244 g/mol. The van der Waals surface area contributed by atoms with E-state index in [0.29, 0.717) is 13.1 Å². The van der Waals surface area contributed by atoms with Crippen molar-refractivity contribution >= 4 is 5.91 Å². The summed E-state index contributed by atoms with van der Waals surface area (Å²) in [6, 6.07) is 0. The van der Waals surface area contributed by atoms with Crippen molar-refractivity contribution in [1.82, 2.24) is 9.80 Å². The fourth-order valence-corrected chi connectivity index (χ4v) is 2.51. The molecule has 0 aromatic heterocycles. The van der Waals surface area contributed by atoms with Gasteiger partial charge >= 0.3 is 0 Å². The molecule has 0 unspecified atom stereocenters. The molecule has 112 valence electrons. The Balaban J connectivity index is 2.42. The molecule has 0 atom stereocenters. The standard InChI is InChI=1S/C14H28N2O3/c1-14(11-17,12-18)10-15(2)9-13(19)16-7-5-3-4-6-8-16/h17-18H,3-12H2,1-2H3. The number of likely N-dealkylation sites (tertiary alicyclic amines) is 1. The summed E-state index contributed by atoms with van der Waals surface area (Å²) in [5.74, 6) is 0.155. The van der Waals surface area contributed by atoms with Crippen LogP contribution in [0.15, 0.2) is 0 Å². The number of carbonyl (C=O) groups is 1. The van der Waals surface area contributed by atoms with Gasteiger partial charge in [-0.2, -0.15) is 0 Å². The van der Waals surface area contributed by atoms with Crippen molar-refractivity contribution < 1.29 is 15.0 Å². The van der Waals surface area contributed by atoms with Crippen LogP contribution >= 0.6 is 0 Å². The normalized spacial score (nSPS) is 17.6. The second-order valence-electron chi connectivity index (χ2n) is 6.09. The van der Waals surface area contributed by atoms with Crippen molar-refractivity contribution in [2.24, 2.45) is 5.41 Å². The van der Waals surface area contributed by atoms with Crippen LogP contribution in [0, 0.1) is 5.41 Å². The molecule has 2 N–H and O–H groups in total. The molecule has 0 bridgehead atoms. The van der Waals surface area contributed by atoms with Gasteiger partial charge < -0.3 is 15.1 Å². The molecule has 1 rings (SSSR count).